The zero-order valence-corrected chi connectivity index (χ0v) is 109. The maximum absolute atomic E-state index is 10.7. The molecule has 0 aliphatic carbocycles. The third-order valence-corrected chi connectivity index (χ3v) is 38.4. The predicted octanol–water partition coefficient (Wildman–Crippen LogP) is 10.5. The molecule has 0 aromatic heterocycles. The fraction of sp³-hybridized carbons (Fsp3) is 0.566. The molecule has 12 bridgehead atoms. The second kappa shape index (κ2) is 56.0. The van der Waals surface area contributed by atoms with Gasteiger partial charge in [-0.05, 0) is 162 Å². The molecule has 12 fully saturated rings. The molecule has 12 aliphatic rings. The smallest absolute Gasteiger partial charge is 0.261 e. The number of nitrogens with zero attached hydrogens (tertiary/aromatic N) is 2. The van der Waals surface area contributed by atoms with Gasteiger partial charge in [-0.3, -0.25) is 0 Å². The number of ether oxygens (including phenoxy) is 14. The summed E-state index contributed by atoms with van der Waals surface area (Å²) in [7, 11) is -4.18. The third kappa shape index (κ3) is 26.9. The van der Waals surface area contributed by atoms with Gasteiger partial charge in [0.1, 0.15) is 29.0 Å². The first-order chi connectivity index (χ1) is 63.5. The van der Waals surface area contributed by atoms with E-state index >= 15 is 0 Å². The second-order valence-corrected chi connectivity index (χ2v) is 46.8. The molecule has 7 N–H and O–H groups in total. The van der Waals surface area contributed by atoms with Gasteiger partial charge in [0.2, 0.25) is 9.41 Å². The van der Waals surface area contributed by atoms with Gasteiger partial charge in [-0.2, -0.15) is 39.6 Å². The van der Waals surface area contributed by atoms with Crippen molar-refractivity contribution < 1.29 is 309 Å². The Morgan fingerprint density at radius 1 is 0.437 bits per heavy atom. The standard InChI is InChI=1S/C30H35O4Si.C23H29O4Si.C16H28N2O4P.C14H17O4.C7H11O4.C7H11O3.2CH4O.6U/c1-23-30(28(27(34-23)21-32-30)31-20-24-14-8-5-9-15-24)22-33-35(29(2,3)4,25-16-10-6-11-17-25)26-18-12-7-13-19-26;1-17-23(21(24)20(27-17)15-25-23)16-26-28(22(2,3)4,18-11-7-5-8-12-18)19-13-9-6-10-14-19;1-11(2)18(12(3)4)23(20-9-8-17-7)22-15-14-10-19-16(15,6)13(5)21-14;1-10-14(9-15)13(12(18-10)8-17-14)16-7-11-5-3-2-4-6-11;1-4-7(3-8)6(9)5(11-4)2-10-7;1-4-7(2)6(8)5(10-4)3-9-7;2*1-2;;;;;;/h5-19,21,23,27-28H,20,22H2,1-4H3;5-15,17,20-21,24H,16H2,1-4H3;10-15H,8-9H2,1-6H3;2-6,8,10,12-13,15H,7,9H2,1H3;2,4-6,8-9H,3H2,1H3;3-6,8H,1-2H3;2*2H,1H3;;;;;;/q6*-1;;;;;;;;/t23-,27+,28+,30+;17-,20+,21+,23+;13-,14+,15+,16+,23?;10-,12+,13+,14+;2*4-,5+,6+,7+;;;;;;;;/m111111......../s1/i;;6D;;;2D;2*2T;;;;;;. The van der Waals surface area contributed by atoms with E-state index in [0.29, 0.717) is 33.0 Å². The maximum atomic E-state index is 10.7. The molecule has 0 amide bonds. The number of hydrogen-bond donors (Lipinski definition) is 7. The zero-order valence-electron chi connectivity index (χ0n) is 84.6. The summed E-state index contributed by atoms with van der Waals surface area (Å²) in [5, 5.41) is 60.1. The van der Waals surface area contributed by atoms with Gasteiger partial charge in [0.05, 0.1) is 124 Å². The Morgan fingerprint density at radius 3 is 1.04 bits per heavy atom. The number of hydrogen-bond acceptors (Lipinski definition) is 26. The molecule has 18 rings (SSSR count). The van der Waals surface area contributed by atoms with E-state index in [-0.39, 0.29) is 334 Å². The van der Waals surface area contributed by atoms with E-state index < -0.39 is 77.1 Å². The molecule has 0 spiro atoms. The summed E-state index contributed by atoms with van der Waals surface area (Å²) in [6, 6.07) is 63.1. The van der Waals surface area contributed by atoms with Crippen LogP contribution in [0.2, 0.25) is 10.1 Å². The van der Waals surface area contributed by atoms with E-state index in [1.54, 1.807) is 33.4 Å². The van der Waals surface area contributed by atoms with Crippen LogP contribution < -0.4 is 20.7 Å². The molecule has 6 aromatic rings. The monoisotopic (exact) mass is 3280 g/mol. The van der Waals surface area contributed by atoms with Crippen molar-refractivity contribution in [3.8, 4) is 0 Å². The van der Waals surface area contributed by atoms with Crippen LogP contribution in [0.3, 0.4) is 0 Å². The van der Waals surface area contributed by atoms with Gasteiger partial charge in [0, 0.05) is 216 Å². The van der Waals surface area contributed by atoms with E-state index in [9.17, 15) is 20.4 Å². The average molecular weight is 3280 g/mol. The second-order valence-electron chi connectivity index (χ2n) is 36.7. The van der Waals surface area contributed by atoms with Gasteiger partial charge in [0.15, 0.2) is 0 Å². The van der Waals surface area contributed by atoms with Crippen LogP contribution in [0.25, 0.3) is 4.85 Å². The summed E-state index contributed by atoms with van der Waals surface area (Å²) in [6.45, 7) is 52.1. The average Bonchev–Trinajstić information content (AvgIpc) is 1.72. The summed E-state index contributed by atoms with van der Waals surface area (Å²) >= 11 is 0. The molecular weight excluding hydrogens is 3130 g/mol. The Morgan fingerprint density at radius 2 is 0.733 bits per heavy atom. The Bertz CT molecular complexity index is 4420. The number of rotatable bonds is 26. The maximum Gasteiger partial charge on any atom is 0.261 e. The summed E-state index contributed by atoms with van der Waals surface area (Å²) in [4.78, 5) is 3.35. The minimum Gasteiger partial charge on any atom is -0.541 e. The molecule has 738 valence electrons. The van der Waals surface area contributed by atoms with Gasteiger partial charge in [0.25, 0.3) is 25.2 Å². The quantitative estimate of drug-likeness (QED) is 0.0115. The first-order valence-corrected chi connectivity index (χ1v) is 49.3. The molecule has 12 aliphatic heterocycles. The van der Waals surface area contributed by atoms with Crippen LogP contribution in [0.1, 0.15) is 138 Å². The van der Waals surface area contributed by atoms with Crippen LogP contribution in [-0.2, 0) is 97.4 Å². The van der Waals surface area contributed by atoms with Crippen LogP contribution >= 0.6 is 8.53 Å². The van der Waals surface area contributed by atoms with Gasteiger partial charge < -0.3 is 125 Å². The molecule has 12 saturated heterocycles. The summed E-state index contributed by atoms with van der Waals surface area (Å²) in [6.07, 6.45) is -5.76. The summed E-state index contributed by atoms with van der Waals surface area (Å²) in [5.74, 6) is 0. The molecule has 36 heteroatoms. The number of benzene rings is 6. The van der Waals surface area contributed by atoms with Crippen molar-refractivity contribution in [2.45, 2.75) is 303 Å². The largest absolute Gasteiger partial charge is 0.541 e. The van der Waals surface area contributed by atoms with Crippen molar-refractivity contribution in [3.05, 3.63) is 244 Å². The molecule has 0 saturated carbocycles. The first kappa shape index (κ1) is 119. The topological polar surface area (TPSA) is 315 Å². The Hall–Kier alpha value is 0.945. The predicted molar refractivity (Wildman–Crippen MR) is 493 cm³/mol. The molecule has 1 unspecified atom stereocenters. The van der Waals surface area contributed by atoms with E-state index in [4.69, 9.17) is 101 Å². The molecule has 27 nitrogen and oxygen atoms in total. The SMILES string of the molecule is C[C@H]1O[C@H]2[CH-]O[C@]1(CO)[C@H]2O.C[C@H]1O[C@H]2[CH-]O[C@]1(CO)[C@H]2OCc1ccccc1.C[C@H]1O[C@H]2[CH-]O[C@]1(CO[Si](c1ccccc1)(c1ccccc1)C(C)(C)C)[C@H]2O.C[C@H]1O[C@H]2[CH-]O[C@]1(CO[Si](c1ccccc1)(c1ccccc1)C(C)(C)C)[C@H]2OCc1ccccc1.[2H]C[C@]12O[CH-][C@H](O[C@@H]1C)[C@@H]2O.[2H]C[C@]12O[CH-][C@H](O[C@@H]1C)[C@@H]2OP(OCC[N+]#[C-])N(C(C)C)C(C)C.[3H]OC.[3H]OC.[U].[U].[U].[U].[U].[U]. The number of aliphatic hydroxyl groups is 7. The van der Waals surface area contributed by atoms with E-state index in [1.807, 2.05) is 88.4 Å². The molecule has 0 radical (unpaired) electrons. The van der Waals surface area contributed by atoms with Gasteiger partial charge >= 0.3 is 0 Å². The van der Waals surface area contributed by atoms with Gasteiger partial charge in [-0.1, -0.05) is 224 Å². The molecule has 135 heavy (non-hydrogen) atoms. The molecular formula is C99H139N2O25PSi2U6-6. The normalized spacial score (nSPS) is 33.4. The van der Waals surface area contributed by atoms with Crippen LogP contribution in [-0.4, -0.2) is 269 Å². The molecule has 25 atom stereocenters. The minimum absolute atomic E-state index is 0. The summed E-state index contributed by atoms with van der Waals surface area (Å²) < 4.78 is 136. The number of aliphatic hydroxyl groups excluding tert-OH is 7. The van der Waals surface area contributed by atoms with Crippen LogP contribution in [0, 0.1) is 233 Å². The van der Waals surface area contributed by atoms with Gasteiger partial charge in [-0.25, -0.2) is 11.2 Å². The van der Waals surface area contributed by atoms with E-state index in [2.05, 4.69) is 217 Å². The van der Waals surface area contributed by atoms with Crippen LogP contribution in [0.4, 0.5) is 0 Å². The van der Waals surface area contributed by atoms with Gasteiger partial charge in [-0.15, -0.1) is 0 Å². The van der Waals surface area contributed by atoms with Crippen molar-refractivity contribution in [3.63, 3.8) is 0 Å². The van der Waals surface area contributed by atoms with E-state index in [1.165, 1.54) is 48.2 Å². The minimum atomic E-state index is -2.71. The molecule has 6 aromatic carbocycles. The number of fused-ring (bicyclic) bond motifs is 12. The van der Waals surface area contributed by atoms with Crippen LogP contribution in [0.15, 0.2) is 182 Å². The van der Waals surface area contributed by atoms with Crippen molar-refractivity contribution in [1.29, 1.82) is 2.86 Å². The first-order valence-electron chi connectivity index (χ1n) is 46.6. The summed E-state index contributed by atoms with van der Waals surface area (Å²) in [5.41, 5.74) is -2.49. The fourth-order valence-electron chi connectivity index (χ4n) is 18.9. The molecule has 12 heterocycles. The Balaban J connectivity index is 0.000000299. The Kier molecular flexibility index (Phi) is 49.6. The van der Waals surface area contributed by atoms with Crippen molar-refractivity contribution in [2.75, 3.05) is 53.8 Å². The third-order valence-electron chi connectivity index (χ3n) is 26.4. The van der Waals surface area contributed by atoms with Crippen molar-refractivity contribution in [1.82, 2.24) is 4.67 Å². The fourth-order valence-corrected chi connectivity index (χ4v) is 29.9. The van der Waals surface area contributed by atoms with Crippen molar-refractivity contribution in [2.24, 2.45) is 0 Å². The van der Waals surface area contributed by atoms with E-state index in [0.717, 1.165) is 11.1 Å². The zero-order chi connectivity index (χ0) is 96.5. The Labute approximate surface area is 952 Å². The van der Waals surface area contributed by atoms with Crippen LogP contribution in [0.5, 0.6) is 0 Å². The van der Waals surface area contributed by atoms with Crippen molar-refractivity contribution >= 4 is 45.9 Å².